The topological polar surface area (TPSA) is 370 Å². The normalized spacial score (nSPS) is 18.3. The quantitative estimate of drug-likeness (QED) is 0.0288. The number of nitrogens with two attached hydrogens (primary N) is 2. The number of nitrogens with one attached hydrogen (secondary N) is 6. The Labute approximate surface area is 600 Å². The first-order valence-corrected chi connectivity index (χ1v) is 36.8. The number of ether oxygens (including phenoxy) is 3. The van der Waals surface area contributed by atoms with Crippen molar-refractivity contribution in [3.8, 4) is 0 Å². The highest BCUT2D eigenvalue weighted by atomic mass is 32.2. The van der Waals surface area contributed by atoms with Gasteiger partial charge in [-0.25, -0.2) is 9.59 Å². The minimum absolute atomic E-state index is 0.0583. The van der Waals surface area contributed by atoms with Gasteiger partial charge in [0.15, 0.2) is 0 Å². The third-order valence-electron chi connectivity index (χ3n) is 19.7. The molecule has 10 N–H and O–H groups in total. The number of imide groups is 1. The zero-order chi connectivity index (χ0) is 74.8. The number of primary amides is 2. The van der Waals surface area contributed by atoms with E-state index < -0.39 is 113 Å². The average Bonchev–Trinajstić information content (AvgIpc) is 1.72. The Morgan fingerprint density at radius 3 is 1.99 bits per heavy atom. The summed E-state index contributed by atoms with van der Waals surface area (Å²) in [6, 6.07) is 10.3. The molecular formula is C73H114N12O15S. The zero-order valence-electron chi connectivity index (χ0n) is 61.6. The lowest BCUT2D eigenvalue weighted by molar-refractivity contribution is -0.148. The van der Waals surface area contributed by atoms with Gasteiger partial charge in [0.2, 0.25) is 59.1 Å². The first kappa shape index (κ1) is 83.8. The minimum Gasteiger partial charge on any atom is -0.445 e. The molecule has 0 radical (unpaired) electrons. The second kappa shape index (κ2) is 40.7. The molecule has 1 aliphatic carbocycles. The molecule has 0 aromatic heterocycles. The van der Waals surface area contributed by atoms with E-state index in [0.29, 0.717) is 68.6 Å². The fourth-order valence-electron chi connectivity index (χ4n) is 13.4. The molecule has 3 aliphatic rings. The van der Waals surface area contributed by atoms with Gasteiger partial charge >= 0.3 is 12.1 Å². The van der Waals surface area contributed by atoms with Crippen LogP contribution in [0.15, 0.2) is 54.6 Å². The summed E-state index contributed by atoms with van der Waals surface area (Å²) >= 11 is 1.40. The maximum atomic E-state index is 14.8. The lowest BCUT2D eigenvalue weighted by atomic mass is 9.89. The Bertz CT molecular complexity index is 3120. The van der Waals surface area contributed by atoms with Crippen LogP contribution in [0.2, 0.25) is 0 Å². The fraction of sp³-hybridized carbons (Fsp3) is 0.671. The summed E-state index contributed by atoms with van der Waals surface area (Å²) in [7, 11) is 6.16. The van der Waals surface area contributed by atoms with E-state index in [2.05, 4.69) is 31.9 Å². The number of likely N-dealkylation sites (N-methyl/N-ethyl adjacent to an activating group) is 2. The number of benzene rings is 2. The molecule has 13 amide bonds. The Morgan fingerprint density at radius 2 is 1.40 bits per heavy atom. The van der Waals surface area contributed by atoms with Crippen molar-refractivity contribution in [3.05, 3.63) is 65.7 Å². The molecule has 2 aromatic carbocycles. The van der Waals surface area contributed by atoms with Crippen molar-refractivity contribution in [3.63, 3.8) is 0 Å². The predicted octanol–water partition coefficient (Wildman–Crippen LogP) is 5.79. The van der Waals surface area contributed by atoms with E-state index in [1.54, 1.807) is 75.9 Å². The number of thioether (sulfide) groups is 1. The van der Waals surface area contributed by atoms with Crippen LogP contribution in [-0.4, -0.2) is 205 Å². The molecule has 2 heterocycles. The van der Waals surface area contributed by atoms with Gasteiger partial charge in [-0.05, 0) is 110 Å². The van der Waals surface area contributed by atoms with Crippen LogP contribution in [0.25, 0.3) is 0 Å². The van der Waals surface area contributed by atoms with Crippen LogP contribution in [0.5, 0.6) is 0 Å². The molecule has 3 fully saturated rings. The van der Waals surface area contributed by atoms with Gasteiger partial charge in [0.25, 0.3) is 0 Å². The molecule has 27 nitrogen and oxygen atoms in total. The van der Waals surface area contributed by atoms with Crippen molar-refractivity contribution in [1.82, 2.24) is 46.2 Å². The Hall–Kier alpha value is -7.85. The van der Waals surface area contributed by atoms with Crippen LogP contribution in [0.3, 0.4) is 0 Å². The van der Waals surface area contributed by atoms with Crippen molar-refractivity contribution in [2.45, 2.75) is 219 Å². The van der Waals surface area contributed by atoms with Crippen LogP contribution in [0.4, 0.5) is 15.3 Å². The number of nitrogens with zero attached hydrogens (tertiary/aromatic N) is 4. The molecule has 0 bridgehead atoms. The van der Waals surface area contributed by atoms with Gasteiger partial charge < -0.3 is 67.4 Å². The number of unbranched alkanes of at least 4 members (excludes halogenated alkanes) is 2. The van der Waals surface area contributed by atoms with E-state index in [4.69, 9.17) is 25.7 Å². The number of urea groups is 1. The lowest BCUT2D eigenvalue weighted by Gasteiger charge is -2.41. The van der Waals surface area contributed by atoms with Crippen molar-refractivity contribution in [2.24, 2.45) is 46.5 Å². The number of carbonyl (C=O) groups is 12. The highest BCUT2D eigenvalue weighted by molar-refractivity contribution is 8.00. The largest absolute Gasteiger partial charge is 0.445 e. The van der Waals surface area contributed by atoms with Gasteiger partial charge in [-0.15, -0.1) is 11.8 Å². The number of carbonyl (C=O) groups excluding carboxylic acids is 12. The highest BCUT2D eigenvalue weighted by Gasteiger charge is 2.48. The average molecular weight is 1430 g/mol. The van der Waals surface area contributed by atoms with Gasteiger partial charge in [-0.3, -0.25) is 57.7 Å². The SMILES string of the molecule is CC[C@H](C)[C@@H]([C@@H](CC(=O)N1CCC[C@H]1[C@H](OC)[C@@H](C)C(=O)NCCc1ccccc1)OC)N(C)C(=O)[C@@H](NC(=O)[C@H](C(C)C)N(C)C(=O)OCc1ccc(NC(=O)[C@H](CCCNC(N)=O)NC(=O)[C@@H](NC(=O)CCCCCN2C(=O)CC(SCC3(CC(N)=O)CC3)C2=O)C(C)C)cc1)C(C)C. The van der Waals surface area contributed by atoms with Crippen molar-refractivity contribution >= 4 is 88.6 Å². The molecule has 2 aromatic rings. The van der Waals surface area contributed by atoms with Crippen molar-refractivity contribution in [2.75, 3.05) is 65.6 Å². The van der Waals surface area contributed by atoms with E-state index in [1.165, 1.54) is 35.7 Å². The highest BCUT2D eigenvalue weighted by Crippen LogP contribution is 2.52. The first-order chi connectivity index (χ1) is 47.9. The van der Waals surface area contributed by atoms with Crippen LogP contribution < -0.4 is 43.4 Å². The zero-order valence-corrected chi connectivity index (χ0v) is 62.4. The lowest BCUT2D eigenvalue weighted by Crippen LogP contribution is -2.60. The molecule has 1 unspecified atom stereocenters. The minimum atomic E-state index is -1.13. The molecule has 562 valence electrons. The third kappa shape index (κ3) is 25.3. The number of likely N-dealkylation sites (tertiary alicyclic amines) is 2. The molecule has 2 saturated heterocycles. The number of anilines is 1. The molecule has 5 rings (SSSR count). The number of amides is 13. The summed E-state index contributed by atoms with van der Waals surface area (Å²) < 4.78 is 17.8. The van der Waals surface area contributed by atoms with Crippen LogP contribution in [-0.2, 0) is 75.2 Å². The van der Waals surface area contributed by atoms with Crippen LogP contribution >= 0.6 is 11.8 Å². The fourth-order valence-corrected chi connectivity index (χ4v) is 14.9. The molecule has 2 aliphatic heterocycles. The number of hydrogen-bond donors (Lipinski definition) is 8. The Morgan fingerprint density at radius 1 is 0.723 bits per heavy atom. The maximum absolute atomic E-state index is 14.8. The summed E-state index contributed by atoms with van der Waals surface area (Å²) in [5, 5.41) is 16.3. The van der Waals surface area contributed by atoms with E-state index in [-0.39, 0.29) is 105 Å². The molecule has 1 saturated carbocycles. The van der Waals surface area contributed by atoms with E-state index in [9.17, 15) is 57.5 Å². The second-order valence-electron chi connectivity index (χ2n) is 28.5. The third-order valence-corrected chi connectivity index (χ3v) is 21.2. The number of hydrogen-bond acceptors (Lipinski definition) is 16. The monoisotopic (exact) mass is 1430 g/mol. The molecule has 28 heteroatoms. The van der Waals surface area contributed by atoms with Gasteiger partial charge in [-0.2, -0.15) is 0 Å². The number of methoxy groups -OCH3 is 2. The predicted molar refractivity (Wildman–Crippen MR) is 385 cm³/mol. The summed E-state index contributed by atoms with van der Waals surface area (Å²) in [6.45, 7) is 17.5. The number of rotatable bonds is 43. The van der Waals surface area contributed by atoms with Crippen LogP contribution in [0.1, 0.15) is 163 Å². The second-order valence-corrected chi connectivity index (χ2v) is 29.7. The van der Waals surface area contributed by atoms with Gasteiger partial charge in [0.1, 0.15) is 30.8 Å². The van der Waals surface area contributed by atoms with Crippen molar-refractivity contribution < 1.29 is 71.7 Å². The summed E-state index contributed by atoms with van der Waals surface area (Å²) in [4.78, 5) is 167. The first-order valence-electron chi connectivity index (χ1n) is 35.8. The van der Waals surface area contributed by atoms with Crippen molar-refractivity contribution in [1.29, 1.82) is 0 Å². The van der Waals surface area contributed by atoms with E-state index in [1.807, 2.05) is 65.0 Å². The molecular weight excluding hydrogens is 1320 g/mol. The van der Waals surface area contributed by atoms with E-state index >= 15 is 0 Å². The van der Waals surface area contributed by atoms with Gasteiger partial charge in [-0.1, -0.05) is 118 Å². The summed E-state index contributed by atoms with van der Waals surface area (Å²) in [6.07, 6.45) is 4.40. The van der Waals surface area contributed by atoms with E-state index in [0.717, 1.165) is 24.8 Å². The maximum Gasteiger partial charge on any atom is 0.410 e. The molecule has 101 heavy (non-hydrogen) atoms. The Balaban J connectivity index is 1.13. The summed E-state index contributed by atoms with van der Waals surface area (Å²) in [5.74, 6) is -5.20. The Kier molecular flexibility index (Phi) is 33.8. The standard InChI is InChI=1S/C73H114N12O15S/c1-14-47(8)63(54(98-12)39-58(88)84-38-22-26-53(84)64(99-13)48(9)65(90)76-36-32-49-23-17-15-18-24-49)82(10)70(95)61(45(4)5)81-68(93)62(46(6)7)83(11)72(97)100-42-50-28-30-51(31-29-50)78-66(91)52(25-21-35-77-71(75)96)79-67(92)60(44(2)3)80-57(87)27-19-16-20-37-85-59(89)40-55(69(85)94)101-43-73(33-34-73)41-56(74)86/h15,17-18,23-24,28-31,44-48,52-55,60-64H,14,16,19-22,25-27,32-43H2,1-13H3,(H2,74,86)(H,76,90)(H,78,91)(H,79,92)(H,80,87)(H,81,93)(H3,75,77,96)/t47-,48+,52-,53-,54+,55?,60-,61-,62-,63-,64+/m0/s1. The summed E-state index contributed by atoms with van der Waals surface area (Å²) in [5.41, 5.74) is 12.5. The smallest absolute Gasteiger partial charge is 0.410 e. The molecule has 0 spiro atoms. The van der Waals surface area contributed by atoms with Gasteiger partial charge in [0, 0.05) is 85.2 Å². The molecule has 11 atom stereocenters. The van der Waals surface area contributed by atoms with Gasteiger partial charge in [0.05, 0.1) is 41.9 Å². The van der Waals surface area contributed by atoms with Crippen LogP contribution in [0, 0.1) is 35.0 Å².